The van der Waals surface area contributed by atoms with Crippen molar-refractivity contribution in [1.29, 1.82) is 0 Å². The van der Waals surface area contributed by atoms with E-state index in [0.717, 1.165) is 0 Å². The molecule has 1 aromatic rings. The van der Waals surface area contributed by atoms with Crippen LogP contribution in [0.1, 0.15) is 10.4 Å². The van der Waals surface area contributed by atoms with E-state index in [4.69, 9.17) is 5.11 Å². The maximum absolute atomic E-state index is 10.1. The van der Waals surface area contributed by atoms with Crippen molar-refractivity contribution >= 4 is 18.7 Å². The number of phenols is 1. The van der Waals surface area contributed by atoms with Crippen LogP contribution in [0.5, 0.6) is 5.75 Å². The fraction of sp³-hybridized carbons (Fsp3) is 0. The zero-order valence-electron chi connectivity index (χ0n) is 5.15. The number of phenolic OH excluding ortho intramolecular Hbond substituents is 1. The molecule has 0 bridgehead atoms. The second-order valence-corrected chi connectivity index (χ2v) is 1.68. The smallest absolute Gasteiger partial charge is 0.153 e. The van der Waals surface area contributed by atoms with Crippen LogP contribution >= 0.6 is 12.4 Å². The number of hydrogen-bond acceptors (Lipinski definition) is 2. The van der Waals surface area contributed by atoms with Gasteiger partial charge in [-0.25, -0.2) is 0 Å². The summed E-state index contributed by atoms with van der Waals surface area (Å²) < 4.78 is 0. The van der Waals surface area contributed by atoms with Gasteiger partial charge in [0.15, 0.2) is 6.29 Å². The zero-order valence-corrected chi connectivity index (χ0v) is 5.97. The Morgan fingerprint density at radius 1 is 1.30 bits per heavy atom. The molecule has 54 valence electrons. The largest absolute Gasteiger partial charge is 0.507 e. The van der Waals surface area contributed by atoms with Crippen LogP contribution < -0.4 is 0 Å². The highest BCUT2D eigenvalue weighted by molar-refractivity contribution is 5.85. The summed E-state index contributed by atoms with van der Waals surface area (Å²) in [7, 11) is 0. The number of carbonyl (C=O) groups excluding carboxylic acids is 1. The number of hydrogen-bond donors (Lipinski definition) is 1. The van der Waals surface area contributed by atoms with Crippen LogP contribution in [0.3, 0.4) is 0 Å². The third-order valence-corrected chi connectivity index (χ3v) is 1.06. The van der Waals surface area contributed by atoms with Gasteiger partial charge in [0.25, 0.3) is 0 Å². The fourth-order valence-corrected chi connectivity index (χ4v) is 0.587. The summed E-state index contributed by atoms with van der Waals surface area (Å²) in [5, 5.41) is 8.88. The average Bonchev–Trinajstić information content (AvgIpc) is 1.89. The summed E-state index contributed by atoms with van der Waals surface area (Å²) in [4.78, 5) is 10.1. The van der Waals surface area contributed by atoms with Crippen molar-refractivity contribution in [2.75, 3.05) is 0 Å². The molecule has 2 nitrogen and oxygen atoms in total. The van der Waals surface area contributed by atoms with Crippen molar-refractivity contribution < 1.29 is 9.90 Å². The topological polar surface area (TPSA) is 37.3 Å². The summed E-state index contributed by atoms with van der Waals surface area (Å²) in [6, 6.07) is 6.40. The van der Waals surface area contributed by atoms with E-state index in [1.807, 2.05) is 0 Å². The molecule has 0 aromatic heterocycles. The van der Waals surface area contributed by atoms with Crippen LogP contribution in [0.2, 0.25) is 0 Å². The first-order valence-corrected chi connectivity index (χ1v) is 2.58. The lowest BCUT2D eigenvalue weighted by molar-refractivity contribution is 0.112. The molecule has 0 saturated carbocycles. The minimum absolute atomic E-state index is 0. The van der Waals surface area contributed by atoms with Gasteiger partial charge in [-0.2, -0.15) is 0 Å². The van der Waals surface area contributed by atoms with E-state index in [1.54, 1.807) is 18.2 Å². The second kappa shape index (κ2) is 3.90. The molecule has 10 heavy (non-hydrogen) atoms. The molecule has 0 saturated heterocycles. The Balaban J connectivity index is 0.000000810. The quantitative estimate of drug-likeness (QED) is 0.631. The Bertz CT molecular complexity index is 223. The molecule has 0 aliphatic heterocycles. The van der Waals surface area contributed by atoms with Gasteiger partial charge in [0.2, 0.25) is 0 Å². The molecule has 0 fully saturated rings. The highest BCUT2D eigenvalue weighted by Crippen LogP contribution is 2.11. The molecule has 0 unspecified atom stereocenters. The Morgan fingerprint density at radius 2 is 1.90 bits per heavy atom. The minimum Gasteiger partial charge on any atom is -0.507 e. The zero-order chi connectivity index (χ0) is 6.69. The Hall–Kier alpha value is -1.02. The lowest BCUT2D eigenvalue weighted by atomic mass is 10.2. The number of carbonyl (C=O) groups is 1. The van der Waals surface area contributed by atoms with Crippen LogP contribution in [0.4, 0.5) is 0 Å². The van der Waals surface area contributed by atoms with Gasteiger partial charge < -0.3 is 5.11 Å². The molecule has 3 heteroatoms. The monoisotopic (exact) mass is 158 g/mol. The first kappa shape index (κ1) is 8.98. The molecule has 0 atom stereocenters. The van der Waals surface area contributed by atoms with Crippen LogP contribution in [0, 0.1) is 0 Å². The van der Waals surface area contributed by atoms with Crippen molar-refractivity contribution in [3.8, 4) is 5.75 Å². The fourth-order valence-electron chi connectivity index (χ4n) is 0.587. The van der Waals surface area contributed by atoms with E-state index in [9.17, 15) is 4.79 Å². The summed E-state index contributed by atoms with van der Waals surface area (Å²) >= 11 is 0. The number of halogens is 1. The van der Waals surface area contributed by atoms with Gasteiger partial charge in [-0.1, -0.05) is 12.1 Å². The molecule has 0 aliphatic rings. The van der Waals surface area contributed by atoms with Gasteiger partial charge in [-0.15, -0.1) is 12.4 Å². The Labute approximate surface area is 64.9 Å². The van der Waals surface area contributed by atoms with Crippen molar-refractivity contribution in [3.63, 3.8) is 0 Å². The third kappa shape index (κ3) is 1.74. The summed E-state index contributed by atoms with van der Waals surface area (Å²) in [5.41, 5.74) is 0.331. The average molecular weight is 159 g/mol. The normalized spacial score (nSPS) is 8.00. The van der Waals surface area contributed by atoms with Crippen molar-refractivity contribution in [2.24, 2.45) is 0 Å². The lowest BCUT2D eigenvalue weighted by Crippen LogP contribution is -1.77. The van der Waals surface area contributed by atoms with E-state index < -0.39 is 0 Å². The van der Waals surface area contributed by atoms with Gasteiger partial charge in [-0.3, -0.25) is 4.79 Å². The maximum atomic E-state index is 10.1. The molecule has 0 heterocycles. The van der Waals surface area contributed by atoms with Crippen LogP contribution in [0.25, 0.3) is 0 Å². The standard InChI is InChI=1S/C7H6O2.ClH/c8-5-6-3-1-2-4-7(6)9;/h1-5,9H;1H. The molecular weight excluding hydrogens is 152 g/mol. The molecule has 0 radical (unpaired) electrons. The van der Waals surface area contributed by atoms with E-state index >= 15 is 0 Å². The van der Waals surface area contributed by atoms with Crippen LogP contribution in [-0.4, -0.2) is 11.4 Å². The number of aldehydes is 1. The van der Waals surface area contributed by atoms with Crippen LogP contribution in [-0.2, 0) is 0 Å². The molecule has 0 aliphatic carbocycles. The first-order chi connectivity index (χ1) is 4.34. The highest BCUT2D eigenvalue weighted by atomic mass is 35.5. The highest BCUT2D eigenvalue weighted by Gasteiger charge is 1.93. The number of benzene rings is 1. The predicted molar refractivity (Wildman–Crippen MR) is 40.7 cm³/mol. The van der Waals surface area contributed by atoms with Gasteiger partial charge in [0.1, 0.15) is 5.75 Å². The van der Waals surface area contributed by atoms with E-state index in [0.29, 0.717) is 11.8 Å². The first-order valence-electron chi connectivity index (χ1n) is 2.58. The number of para-hydroxylation sites is 1. The summed E-state index contributed by atoms with van der Waals surface area (Å²) in [5.74, 6) is 0.0347. The van der Waals surface area contributed by atoms with Gasteiger partial charge >= 0.3 is 0 Å². The molecular formula is C7H7ClO2. The summed E-state index contributed by atoms with van der Waals surface area (Å²) in [6.45, 7) is 0. The molecule has 1 rings (SSSR count). The van der Waals surface area contributed by atoms with Crippen molar-refractivity contribution in [2.45, 2.75) is 0 Å². The van der Waals surface area contributed by atoms with Crippen LogP contribution in [0.15, 0.2) is 24.3 Å². The van der Waals surface area contributed by atoms with Crippen molar-refractivity contribution in [1.82, 2.24) is 0 Å². The lowest BCUT2D eigenvalue weighted by Gasteiger charge is -1.91. The van der Waals surface area contributed by atoms with Gasteiger partial charge in [-0.05, 0) is 12.1 Å². The van der Waals surface area contributed by atoms with Crippen molar-refractivity contribution in [3.05, 3.63) is 29.8 Å². The second-order valence-electron chi connectivity index (χ2n) is 1.68. The predicted octanol–water partition coefficient (Wildman–Crippen LogP) is 1.63. The maximum Gasteiger partial charge on any atom is 0.153 e. The minimum atomic E-state index is 0. The Morgan fingerprint density at radius 3 is 2.30 bits per heavy atom. The SMILES string of the molecule is Cl.O=Cc1ccccc1O. The molecule has 1 aromatic carbocycles. The third-order valence-electron chi connectivity index (χ3n) is 1.06. The molecule has 0 amide bonds. The molecule has 1 N–H and O–H groups in total. The molecule has 0 spiro atoms. The van der Waals surface area contributed by atoms with E-state index in [-0.39, 0.29) is 18.2 Å². The number of aromatic hydroxyl groups is 1. The van der Waals surface area contributed by atoms with E-state index in [1.165, 1.54) is 6.07 Å². The van der Waals surface area contributed by atoms with Gasteiger partial charge in [0, 0.05) is 0 Å². The van der Waals surface area contributed by atoms with Gasteiger partial charge in [0.05, 0.1) is 5.56 Å². The summed E-state index contributed by atoms with van der Waals surface area (Å²) in [6.07, 6.45) is 0.620. The number of rotatable bonds is 1. The Kier molecular flexibility index (Phi) is 3.51. The van der Waals surface area contributed by atoms with E-state index in [2.05, 4.69) is 0 Å².